The van der Waals surface area contributed by atoms with Crippen molar-refractivity contribution in [2.24, 2.45) is 0 Å². The average Bonchev–Trinajstić information content (AvgIpc) is 2.56. The Balaban J connectivity index is 2.03. The number of benzene rings is 1. The largest absolute Gasteiger partial charge is 0.417 e. The molecule has 0 atom stereocenters. The van der Waals surface area contributed by atoms with Crippen molar-refractivity contribution in [1.82, 2.24) is 4.90 Å². The third-order valence-corrected chi connectivity index (χ3v) is 4.65. The Morgan fingerprint density at radius 2 is 1.67 bits per heavy atom. The maximum atomic E-state index is 12.8. The zero-order chi connectivity index (χ0) is 18.0. The van der Waals surface area contributed by atoms with Gasteiger partial charge in [-0.15, -0.1) is 0 Å². The number of hydrogen-bond donors (Lipinski definition) is 1. The van der Waals surface area contributed by atoms with E-state index in [0.29, 0.717) is 5.56 Å². The Hall–Kier alpha value is -1.76. The molecule has 2 rings (SSSR count). The number of piperidine rings is 1. The van der Waals surface area contributed by atoms with Gasteiger partial charge in [-0.05, 0) is 38.1 Å². The number of alkyl halides is 3. The zero-order valence-electron chi connectivity index (χ0n) is 13.9. The lowest BCUT2D eigenvalue weighted by atomic mass is 9.90. The topological polar surface area (TPSA) is 43.8 Å². The smallest absolute Gasteiger partial charge is 0.380 e. The van der Waals surface area contributed by atoms with Crippen molar-refractivity contribution in [3.63, 3.8) is 0 Å². The number of hydrogen-bond acceptors (Lipinski definition) is 3. The summed E-state index contributed by atoms with van der Waals surface area (Å²) in [6, 6.07) is 7.08. The first-order valence-corrected chi connectivity index (χ1v) is 8.15. The predicted octanol–water partition coefficient (Wildman–Crippen LogP) is 3.06. The molecule has 0 bridgehead atoms. The molecule has 1 aromatic rings. The van der Waals surface area contributed by atoms with Gasteiger partial charge in [0.2, 0.25) is 0 Å². The molecule has 1 aliphatic heterocycles. The summed E-state index contributed by atoms with van der Waals surface area (Å²) in [4.78, 5) is 15.9. The molecule has 1 amide bonds. The first-order chi connectivity index (χ1) is 11.2. The number of aliphatic hydroxyl groups is 1. The van der Waals surface area contributed by atoms with E-state index in [1.807, 2.05) is 26.0 Å². The van der Waals surface area contributed by atoms with Crippen molar-refractivity contribution in [3.05, 3.63) is 29.8 Å². The summed E-state index contributed by atoms with van der Waals surface area (Å²) in [6.45, 7) is 5.58. The Bertz CT molecular complexity index is 560. The van der Waals surface area contributed by atoms with Crippen LogP contribution in [0.25, 0.3) is 0 Å². The second-order valence-electron chi connectivity index (χ2n) is 6.04. The van der Waals surface area contributed by atoms with E-state index < -0.39 is 24.6 Å². The van der Waals surface area contributed by atoms with Crippen molar-refractivity contribution >= 4 is 11.6 Å². The minimum absolute atomic E-state index is 0.105. The lowest BCUT2D eigenvalue weighted by Gasteiger charge is -2.39. The standard InChI is InChI=1S/C17H23F3N2O2/c1-3-21(4-2)14-7-5-13(6-8-14)15(23)22-11-9-16(24,10-12-22)17(18,19)20/h5-8,24H,3-4,9-12H2,1-2H3. The van der Waals surface area contributed by atoms with Crippen LogP contribution in [0.1, 0.15) is 37.0 Å². The Morgan fingerprint density at radius 1 is 1.17 bits per heavy atom. The second-order valence-corrected chi connectivity index (χ2v) is 6.04. The van der Waals surface area contributed by atoms with Gasteiger partial charge in [0.15, 0.2) is 5.60 Å². The predicted molar refractivity (Wildman–Crippen MR) is 86.1 cm³/mol. The van der Waals surface area contributed by atoms with Gasteiger partial charge in [-0.3, -0.25) is 4.79 Å². The van der Waals surface area contributed by atoms with E-state index in [-0.39, 0.29) is 19.0 Å². The summed E-state index contributed by atoms with van der Waals surface area (Å²) in [6.07, 6.45) is -5.63. The lowest BCUT2D eigenvalue weighted by molar-refractivity contribution is -0.271. The summed E-state index contributed by atoms with van der Waals surface area (Å²) >= 11 is 0. The molecule has 1 fully saturated rings. The molecule has 0 spiro atoms. The summed E-state index contributed by atoms with van der Waals surface area (Å²) < 4.78 is 38.4. The Morgan fingerprint density at radius 3 is 2.08 bits per heavy atom. The fourth-order valence-corrected chi connectivity index (χ4v) is 2.95. The van der Waals surface area contributed by atoms with Gasteiger partial charge in [0, 0.05) is 50.3 Å². The molecule has 134 valence electrons. The highest BCUT2D eigenvalue weighted by Gasteiger charge is 2.54. The van der Waals surface area contributed by atoms with Crippen LogP contribution in [0.15, 0.2) is 24.3 Å². The zero-order valence-corrected chi connectivity index (χ0v) is 13.9. The van der Waals surface area contributed by atoms with Gasteiger partial charge < -0.3 is 14.9 Å². The molecule has 1 aromatic carbocycles. The van der Waals surface area contributed by atoms with Crippen LogP contribution in [-0.2, 0) is 0 Å². The Kier molecular flexibility index (Phi) is 5.42. The number of halogens is 3. The number of nitrogens with zero attached hydrogens (tertiary/aromatic N) is 2. The van der Waals surface area contributed by atoms with Gasteiger partial charge in [0.1, 0.15) is 0 Å². The van der Waals surface area contributed by atoms with Crippen LogP contribution in [0.4, 0.5) is 18.9 Å². The molecular weight excluding hydrogens is 321 g/mol. The molecule has 0 aliphatic carbocycles. The third-order valence-electron chi connectivity index (χ3n) is 4.65. The number of amides is 1. The molecular formula is C17H23F3N2O2. The maximum Gasteiger partial charge on any atom is 0.417 e. The minimum atomic E-state index is -4.66. The molecule has 1 aliphatic rings. The maximum absolute atomic E-state index is 12.8. The molecule has 24 heavy (non-hydrogen) atoms. The van der Waals surface area contributed by atoms with Crippen LogP contribution in [0, 0.1) is 0 Å². The van der Waals surface area contributed by atoms with Crippen molar-refractivity contribution < 1.29 is 23.1 Å². The molecule has 1 N–H and O–H groups in total. The number of carbonyl (C=O) groups is 1. The molecule has 4 nitrogen and oxygen atoms in total. The number of likely N-dealkylation sites (tertiary alicyclic amines) is 1. The van der Waals surface area contributed by atoms with Crippen LogP contribution < -0.4 is 4.90 Å². The molecule has 0 radical (unpaired) electrons. The average molecular weight is 344 g/mol. The Labute approximate surface area is 139 Å². The van der Waals surface area contributed by atoms with E-state index in [1.165, 1.54) is 4.90 Å². The van der Waals surface area contributed by atoms with Crippen LogP contribution in [0.2, 0.25) is 0 Å². The van der Waals surface area contributed by atoms with Crippen LogP contribution in [-0.4, -0.2) is 53.9 Å². The van der Waals surface area contributed by atoms with Crippen molar-refractivity contribution in [2.75, 3.05) is 31.1 Å². The van der Waals surface area contributed by atoms with E-state index in [0.717, 1.165) is 18.8 Å². The summed E-state index contributed by atoms with van der Waals surface area (Å²) in [5, 5.41) is 9.66. The normalized spacial score (nSPS) is 17.7. The fraction of sp³-hybridized carbons (Fsp3) is 0.588. The molecule has 0 saturated carbocycles. The van der Waals surface area contributed by atoms with E-state index >= 15 is 0 Å². The van der Waals surface area contributed by atoms with E-state index in [1.54, 1.807) is 12.1 Å². The van der Waals surface area contributed by atoms with Crippen LogP contribution in [0.3, 0.4) is 0 Å². The highest BCUT2D eigenvalue weighted by atomic mass is 19.4. The van der Waals surface area contributed by atoms with Crippen molar-refractivity contribution in [1.29, 1.82) is 0 Å². The highest BCUT2D eigenvalue weighted by molar-refractivity contribution is 5.94. The van der Waals surface area contributed by atoms with Gasteiger partial charge in [-0.2, -0.15) is 13.2 Å². The van der Waals surface area contributed by atoms with E-state index in [9.17, 15) is 23.1 Å². The van der Waals surface area contributed by atoms with E-state index in [2.05, 4.69) is 4.90 Å². The van der Waals surface area contributed by atoms with Gasteiger partial charge in [-0.1, -0.05) is 0 Å². The van der Waals surface area contributed by atoms with Gasteiger partial charge in [0.25, 0.3) is 5.91 Å². The number of rotatable bonds is 4. The molecule has 1 heterocycles. The monoisotopic (exact) mass is 344 g/mol. The molecule has 0 aromatic heterocycles. The first kappa shape index (κ1) is 18.6. The summed E-state index contributed by atoms with van der Waals surface area (Å²) in [7, 11) is 0. The second kappa shape index (κ2) is 7.01. The SMILES string of the molecule is CCN(CC)c1ccc(C(=O)N2CCC(O)(C(F)(F)F)CC2)cc1. The summed E-state index contributed by atoms with van der Waals surface area (Å²) in [5.41, 5.74) is -1.24. The van der Waals surface area contributed by atoms with Crippen molar-refractivity contribution in [3.8, 4) is 0 Å². The van der Waals surface area contributed by atoms with Crippen molar-refractivity contribution in [2.45, 2.75) is 38.5 Å². The highest BCUT2D eigenvalue weighted by Crippen LogP contribution is 2.38. The first-order valence-electron chi connectivity index (χ1n) is 8.15. The summed E-state index contributed by atoms with van der Waals surface area (Å²) in [5.74, 6) is -0.301. The van der Waals surface area contributed by atoms with Gasteiger partial charge in [0.05, 0.1) is 0 Å². The number of carbonyl (C=O) groups excluding carboxylic acids is 1. The van der Waals surface area contributed by atoms with Crippen LogP contribution >= 0.6 is 0 Å². The van der Waals surface area contributed by atoms with Gasteiger partial charge >= 0.3 is 6.18 Å². The van der Waals surface area contributed by atoms with Crippen LogP contribution in [0.5, 0.6) is 0 Å². The number of anilines is 1. The molecule has 7 heteroatoms. The van der Waals surface area contributed by atoms with Gasteiger partial charge in [-0.25, -0.2) is 0 Å². The van der Waals surface area contributed by atoms with E-state index in [4.69, 9.17) is 0 Å². The quantitative estimate of drug-likeness (QED) is 0.913. The third kappa shape index (κ3) is 3.66. The fourth-order valence-electron chi connectivity index (χ4n) is 2.95. The lowest BCUT2D eigenvalue weighted by Crippen LogP contribution is -2.54. The minimum Gasteiger partial charge on any atom is -0.380 e. The molecule has 0 unspecified atom stereocenters. The molecule has 1 saturated heterocycles.